The second-order valence-electron chi connectivity index (χ2n) is 7.12. The average Bonchev–Trinajstić information content (AvgIpc) is 2.48. The minimum atomic E-state index is 0.684. The van der Waals surface area contributed by atoms with Crippen LogP contribution in [0.15, 0.2) is 18.5 Å². The molecule has 1 aliphatic rings. The van der Waals surface area contributed by atoms with E-state index in [2.05, 4.69) is 50.3 Å². The van der Waals surface area contributed by atoms with Gasteiger partial charge in [-0.15, -0.1) is 0 Å². The standard InChI is InChI=1S/C19H32N2/c1-5-9-20-12-17-7-6-16(14(2)3)11-18(17)19-13-21-10-8-15(19)4/h8,10,13-14,16-18,20H,5-7,9,11-12H2,1-4H3. The third kappa shape index (κ3) is 4.29. The fourth-order valence-electron chi connectivity index (χ4n) is 3.83. The molecule has 0 radical (unpaired) electrons. The van der Waals surface area contributed by atoms with E-state index in [1.54, 1.807) is 0 Å². The molecule has 3 unspecified atom stereocenters. The topological polar surface area (TPSA) is 24.9 Å². The van der Waals surface area contributed by atoms with Crippen molar-refractivity contribution in [3.63, 3.8) is 0 Å². The summed E-state index contributed by atoms with van der Waals surface area (Å²) in [7, 11) is 0. The van der Waals surface area contributed by atoms with Gasteiger partial charge in [0, 0.05) is 12.4 Å². The molecule has 118 valence electrons. The smallest absolute Gasteiger partial charge is 0.0305 e. The summed E-state index contributed by atoms with van der Waals surface area (Å²) in [6, 6.07) is 2.17. The zero-order valence-corrected chi connectivity index (χ0v) is 14.2. The molecule has 2 heteroatoms. The van der Waals surface area contributed by atoms with Crippen LogP contribution >= 0.6 is 0 Å². The van der Waals surface area contributed by atoms with E-state index in [-0.39, 0.29) is 0 Å². The van der Waals surface area contributed by atoms with Crippen LogP contribution in [-0.4, -0.2) is 18.1 Å². The molecule has 2 nitrogen and oxygen atoms in total. The highest BCUT2D eigenvalue weighted by Crippen LogP contribution is 2.43. The molecule has 0 aromatic carbocycles. The summed E-state index contributed by atoms with van der Waals surface area (Å²) in [4.78, 5) is 4.40. The number of nitrogens with one attached hydrogen (secondary N) is 1. The molecule has 1 aliphatic carbocycles. The van der Waals surface area contributed by atoms with Crippen LogP contribution in [0.3, 0.4) is 0 Å². The molecular weight excluding hydrogens is 256 g/mol. The number of pyridine rings is 1. The van der Waals surface area contributed by atoms with E-state index in [4.69, 9.17) is 0 Å². The maximum atomic E-state index is 4.40. The largest absolute Gasteiger partial charge is 0.316 e. The Morgan fingerprint density at radius 3 is 2.81 bits per heavy atom. The molecule has 0 aliphatic heterocycles. The Morgan fingerprint density at radius 2 is 2.14 bits per heavy atom. The molecule has 1 N–H and O–H groups in total. The summed E-state index contributed by atoms with van der Waals surface area (Å²) >= 11 is 0. The highest BCUT2D eigenvalue weighted by molar-refractivity contribution is 5.27. The fraction of sp³-hybridized carbons (Fsp3) is 0.737. The lowest BCUT2D eigenvalue weighted by atomic mass is 9.68. The number of nitrogens with zero attached hydrogens (tertiary/aromatic N) is 1. The van der Waals surface area contributed by atoms with Gasteiger partial charge < -0.3 is 5.32 Å². The Labute approximate surface area is 130 Å². The summed E-state index contributed by atoms with van der Waals surface area (Å²) in [5, 5.41) is 3.65. The predicted molar refractivity (Wildman–Crippen MR) is 90.5 cm³/mol. The van der Waals surface area contributed by atoms with Gasteiger partial charge in [0.1, 0.15) is 0 Å². The fourth-order valence-corrected chi connectivity index (χ4v) is 3.83. The zero-order valence-electron chi connectivity index (χ0n) is 14.2. The van der Waals surface area contributed by atoms with Crippen molar-refractivity contribution in [2.24, 2.45) is 17.8 Å². The molecule has 1 saturated carbocycles. The van der Waals surface area contributed by atoms with E-state index in [1.807, 2.05) is 6.20 Å². The van der Waals surface area contributed by atoms with Gasteiger partial charge in [0.05, 0.1) is 0 Å². The van der Waals surface area contributed by atoms with Gasteiger partial charge in [-0.25, -0.2) is 0 Å². The monoisotopic (exact) mass is 288 g/mol. The Balaban J connectivity index is 2.14. The van der Waals surface area contributed by atoms with Crippen LogP contribution < -0.4 is 5.32 Å². The first-order chi connectivity index (χ1) is 10.1. The van der Waals surface area contributed by atoms with Gasteiger partial charge >= 0.3 is 0 Å². The molecule has 0 saturated heterocycles. The summed E-state index contributed by atoms with van der Waals surface area (Å²) < 4.78 is 0. The van der Waals surface area contributed by atoms with Crippen molar-refractivity contribution in [1.29, 1.82) is 0 Å². The van der Waals surface area contributed by atoms with E-state index < -0.39 is 0 Å². The summed E-state index contributed by atoms with van der Waals surface area (Å²) in [6.45, 7) is 11.6. The van der Waals surface area contributed by atoms with Crippen LogP contribution in [0.2, 0.25) is 0 Å². The Bertz CT molecular complexity index is 427. The van der Waals surface area contributed by atoms with Crippen molar-refractivity contribution < 1.29 is 0 Å². The highest BCUT2D eigenvalue weighted by atomic mass is 14.9. The Kier molecular flexibility index (Phi) is 6.22. The molecule has 2 rings (SSSR count). The molecule has 1 aromatic rings. The van der Waals surface area contributed by atoms with E-state index in [1.165, 1.54) is 36.8 Å². The van der Waals surface area contributed by atoms with Crippen LogP contribution in [0.4, 0.5) is 0 Å². The summed E-state index contributed by atoms with van der Waals surface area (Å²) in [5.74, 6) is 3.13. The van der Waals surface area contributed by atoms with E-state index in [0.29, 0.717) is 5.92 Å². The lowest BCUT2D eigenvalue weighted by molar-refractivity contribution is 0.190. The number of aryl methyl sites for hydroxylation is 1. The number of hydrogen-bond acceptors (Lipinski definition) is 2. The SMILES string of the molecule is CCCNCC1CCC(C(C)C)CC1c1cnccc1C. The molecule has 1 heterocycles. The van der Waals surface area contributed by atoms with Crippen molar-refractivity contribution in [3.05, 3.63) is 29.6 Å². The van der Waals surface area contributed by atoms with Crippen LogP contribution in [-0.2, 0) is 0 Å². The lowest BCUT2D eigenvalue weighted by Gasteiger charge is -2.39. The first kappa shape index (κ1) is 16.5. The van der Waals surface area contributed by atoms with Gasteiger partial charge in [0.25, 0.3) is 0 Å². The molecule has 0 spiro atoms. The first-order valence-corrected chi connectivity index (χ1v) is 8.74. The molecule has 0 bridgehead atoms. The third-order valence-electron chi connectivity index (χ3n) is 5.29. The maximum absolute atomic E-state index is 4.40. The second-order valence-corrected chi connectivity index (χ2v) is 7.12. The van der Waals surface area contributed by atoms with Gasteiger partial charge in [-0.3, -0.25) is 4.98 Å². The highest BCUT2D eigenvalue weighted by Gasteiger charge is 2.33. The summed E-state index contributed by atoms with van der Waals surface area (Å²) in [5.41, 5.74) is 2.91. The Hall–Kier alpha value is -0.890. The quantitative estimate of drug-likeness (QED) is 0.777. The zero-order chi connectivity index (χ0) is 15.2. The van der Waals surface area contributed by atoms with E-state index >= 15 is 0 Å². The molecular formula is C19H32N2. The summed E-state index contributed by atoms with van der Waals surface area (Å²) in [6.07, 6.45) is 9.35. The lowest BCUT2D eigenvalue weighted by Crippen LogP contribution is -2.34. The van der Waals surface area contributed by atoms with Gasteiger partial charge in [-0.2, -0.15) is 0 Å². The molecule has 3 atom stereocenters. The third-order valence-corrected chi connectivity index (χ3v) is 5.29. The van der Waals surface area contributed by atoms with Crippen LogP contribution in [0.25, 0.3) is 0 Å². The first-order valence-electron chi connectivity index (χ1n) is 8.74. The van der Waals surface area contributed by atoms with Crippen molar-refractivity contribution in [2.75, 3.05) is 13.1 Å². The molecule has 1 fully saturated rings. The number of hydrogen-bond donors (Lipinski definition) is 1. The van der Waals surface area contributed by atoms with Crippen molar-refractivity contribution in [2.45, 2.75) is 59.3 Å². The predicted octanol–water partition coefficient (Wildman–Crippen LogP) is 4.55. The average molecular weight is 288 g/mol. The Morgan fingerprint density at radius 1 is 1.33 bits per heavy atom. The van der Waals surface area contributed by atoms with E-state index in [0.717, 1.165) is 30.8 Å². The number of rotatable bonds is 6. The van der Waals surface area contributed by atoms with Crippen molar-refractivity contribution in [1.82, 2.24) is 10.3 Å². The maximum Gasteiger partial charge on any atom is 0.0305 e. The second kappa shape index (κ2) is 7.93. The molecule has 0 amide bonds. The molecule has 1 aromatic heterocycles. The van der Waals surface area contributed by atoms with Crippen molar-refractivity contribution >= 4 is 0 Å². The van der Waals surface area contributed by atoms with Crippen LogP contribution in [0, 0.1) is 24.7 Å². The van der Waals surface area contributed by atoms with Crippen LogP contribution in [0.5, 0.6) is 0 Å². The van der Waals surface area contributed by atoms with Gasteiger partial charge in [0.2, 0.25) is 0 Å². The van der Waals surface area contributed by atoms with Gasteiger partial charge in [-0.1, -0.05) is 20.8 Å². The minimum Gasteiger partial charge on any atom is -0.316 e. The molecule has 21 heavy (non-hydrogen) atoms. The van der Waals surface area contributed by atoms with Crippen LogP contribution in [0.1, 0.15) is 63.5 Å². The van der Waals surface area contributed by atoms with Gasteiger partial charge in [-0.05, 0) is 86.6 Å². The normalized spacial score (nSPS) is 26.2. The van der Waals surface area contributed by atoms with Gasteiger partial charge in [0.15, 0.2) is 0 Å². The minimum absolute atomic E-state index is 0.684. The number of aromatic nitrogens is 1. The van der Waals surface area contributed by atoms with Crippen molar-refractivity contribution in [3.8, 4) is 0 Å². The van der Waals surface area contributed by atoms with E-state index in [9.17, 15) is 0 Å².